The molecule has 144 valence electrons. The smallest absolute Gasteiger partial charge is 0.223 e. The first-order chi connectivity index (χ1) is 12.3. The van der Waals surface area contributed by atoms with Crippen LogP contribution < -0.4 is 10.1 Å². The maximum atomic E-state index is 12.5. The Balaban J connectivity index is 1.39. The molecule has 1 amide bonds. The molecule has 26 heavy (non-hydrogen) atoms. The minimum atomic E-state index is -0.609. The van der Waals surface area contributed by atoms with Gasteiger partial charge in [-0.1, -0.05) is 19.1 Å². The zero-order valence-corrected chi connectivity index (χ0v) is 16.3. The number of carbonyl (C=O) groups excluding carboxylic acids is 1. The van der Waals surface area contributed by atoms with Gasteiger partial charge in [-0.3, -0.25) is 4.79 Å². The van der Waals surface area contributed by atoms with Gasteiger partial charge in [-0.15, -0.1) is 0 Å². The van der Waals surface area contributed by atoms with E-state index in [0.29, 0.717) is 5.92 Å². The van der Waals surface area contributed by atoms with Crippen LogP contribution in [0.25, 0.3) is 0 Å². The Kier molecular flexibility index (Phi) is 5.91. The molecule has 0 spiro atoms. The Hall–Kier alpha value is -1.55. The number of aryl methyl sites for hydroxylation is 1. The summed E-state index contributed by atoms with van der Waals surface area (Å²) in [6, 6.07) is 8.49. The second kappa shape index (κ2) is 7.99. The zero-order valence-electron chi connectivity index (χ0n) is 16.3. The number of rotatable bonds is 6. The first kappa shape index (κ1) is 19.2. The number of aliphatic hydroxyl groups is 1. The average molecular weight is 360 g/mol. The Morgan fingerprint density at radius 2 is 1.92 bits per heavy atom. The van der Waals surface area contributed by atoms with Crippen molar-refractivity contribution in [1.29, 1.82) is 0 Å². The summed E-state index contributed by atoms with van der Waals surface area (Å²) in [5, 5.41) is 13.3. The van der Waals surface area contributed by atoms with E-state index in [0.717, 1.165) is 50.7 Å². The van der Waals surface area contributed by atoms with Gasteiger partial charge < -0.3 is 15.2 Å². The molecule has 0 saturated heterocycles. The molecule has 0 atom stereocenters. The van der Waals surface area contributed by atoms with Crippen molar-refractivity contribution in [1.82, 2.24) is 5.32 Å². The van der Waals surface area contributed by atoms with Crippen molar-refractivity contribution in [3.8, 4) is 5.75 Å². The highest BCUT2D eigenvalue weighted by Gasteiger charge is 2.38. The van der Waals surface area contributed by atoms with E-state index in [2.05, 4.69) is 24.4 Å². The molecule has 0 aliphatic heterocycles. The quantitative estimate of drug-likeness (QED) is 0.811. The highest BCUT2D eigenvalue weighted by molar-refractivity contribution is 5.80. The van der Waals surface area contributed by atoms with E-state index >= 15 is 0 Å². The molecule has 2 fully saturated rings. The lowest BCUT2D eigenvalue weighted by Crippen LogP contribution is -2.48. The lowest BCUT2D eigenvalue weighted by atomic mass is 9.76. The SMILES string of the molecule is CCc1cccc(OC2CC(C(=O)NC3CCC(C(C)(C)O)CC3)C2)c1. The van der Waals surface area contributed by atoms with E-state index in [1.807, 2.05) is 26.0 Å². The molecule has 0 radical (unpaired) electrons. The van der Waals surface area contributed by atoms with E-state index in [1.54, 1.807) is 0 Å². The van der Waals surface area contributed by atoms with Crippen LogP contribution in [0.3, 0.4) is 0 Å². The molecule has 2 saturated carbocycles. The Labute approximate surface area is 157 Å². The minimum absolute atomic E-state index is 0.0846. The minimum Gasteiger partial charge on any atom is -0.490 e. The molecule has 2 aliphatic carbocycles. The highest BCUT2D eigenvalue weighted by atomic mass is 16.5. The zero-order chi connectivity index (χ0) is 18.7. The van der Waals surface area contributed by atoms with Gasteiger partial charge in [-0.05, 0) is 82.4 Å². The van der Waals surface area contributed by atoms with Crippen LogP contribution in [0.15, 0.2) is 24.3 Å². The molecule has 3 rings (SSSR count). The number of hydrogen-bond donors (Lipinski definition) is 2. The van der Waals surface area contributed by atoms with Crippen molar-refractivity contribution >= 4 is 5.91 Å². The van der Waals surface area contributed by atoms with Gasteiger partial charge in [0.1, 0.15) is 11.9 Å². The van der Waals surface area contributed by atoms with Gasteiger partial charge in [0.25, 0.3) is 0 Å². The fourth-order valence-corrected chi connectivity index (χ4v) is 4.17. The Morgan fingerprint density at radius 1 is 1.23 bits per heavy atom. The molecule has 1 aromatic carbocycles. The van der Waals surface area contributed by atoms with Crippen LogP contribution >= 0.6 is 0 Å². The molecular weight excluding hydrogens is 326 g/mol. The van der Waals surface area contributed by atoms with Crippen molar-refractivity contribution in [2.24, 2.45) is 11.8 Å². The molecular formula is C22H33NO3. The average Bonchev–Trinajstić information content (AvgIpc) is 2.57. The first-order valence-corrected chi connectivity index (χ1v) is 10.1. The van der Waals surface area contributed by atoms with Crippen LogP contribution in [0.4, 0.5) is 0 Å². The van der Waals surface area contributed by atoms with Crippen LogP contribution in [0.2, 0.25) is 0 Å². The molecule has 0 bridgehead atoms. The van der Waals surface area contributed by atoms with Gasteiger partial charge in [0.05, 0.1) is 5.60 Å². The van der Waals surface area contributed by atoms with E-state index in [9.17, 15) is 9.90 Å². The summed E-state index contributed by atoms with van der Waals surface area (Å²) in [6.45, 7) is 5.92. The monoisotopic (exact) mass is 359 g/mol. The standard InChI is InChI=1S/C22H33NO3/c1-4-15-6-5-7-19(12-15)26-20-13-16(14-20)21(24)23-18-10-8-17(9-11-18)22(2,3)25/h5-7,12,16-18,20,25H,4,8-11,13-14H2,1-3H3,(H,23,24). The first-order valence-electron chi connectivity index (χ1n) is 10.1. The normalized spacial score (nSPS) is 28.9. The summed E-state index contributed by atoms with van der Waals surface area (Å²) in [6.07, 6.45) is 6.68. The third-order valence-corrected chi connectivity index (χ3v) is 6.15. The summed E-state index contributed by atoms with van der Waals surface area (Å²) in [7, 11) is 0. The fraction of sp³-hybridized carbons (Fsp3) is 0.682. The molecule has 2 aliphatic rings. The molecule has 0 aromatic heterocycles. The van der Waals surface area contributed by atoms with Crippen molar-refractivity contribution in [3.05, 3.63) is 29.8 Å². The van der Waals surface area contributed by atoms with Crippen molar-refractivity contribution in [2.75, 3.05) is 0 Å². The second-order valence-corrected chi connectivity index (χ2v) is 8.62. The maximum absolute atomic E-state index is 12.5. The topological polar surface area (TPSA) is 58.6 Å². The van der Waals surface area contributed by atoms with Gasteiger partial charge in [0.2, 0.25) is 5.91 Å². The number of carbonyl (C=O) groups is 1. The summed E-state index contributed by atoms with van der Waals surface area (Å²) >= 11 is 0. The third kappa shape index (κ3) is 4.79. The van der Waals surface area contributed by atoms with Gasteiger partial charge in [0, 0.05) is 12.0 Å². The van der Waals surface area contributed by atoms with Crippen LogP contribution in [0, 0.1) is 11.8 Å². The van der Waals surface area contributed by atoms with Gasteiger partial charge in [0.15, 0.2) is 0 Å². The van der Waals surface area contributed by atoms with Crippen LogP contribution in [0.5, 0.6) is 5.75 Å². The molecule has 4 heteroatoms. The summed E-state index contributed by atoms with van der Waals surface area (Å²) in [5.41, 5.74) is 0.667. The summed E-state index contributed by atoms with van der Waals surface area (Å²) < 4.78 is 6.01. The van der Waals surface area contributed by atoms with E-state index in [4.69, 9.17) is 4.74 Å². The van der Waals surface area contributed by atoms with E-state index < -0.39 is 5.60 Å². The van der Waals surface area contributed by atoms with E-state index in [-0.39, 0.29) is 24.0 Å². The number of hydrogen-bond acceptors (Lipinski definition) is 3. The van der Waals surface area contributed by atoms with Crippen molar-refractivity contribution in [3.63, 3.8) is 0 Å². The fourth-order valence-electron chi connectivity index (χ4n) is 4.17. The van der Waals surface area contributed by atoms with E-state index in [1.165, 1.54) is 5.56 Å². The molecule has 2 N–H and O–H groups in total. The molecule has 0 unspecified atom stereocenters. The largest absolute Gasteiger partial charge is 0.490 e. The van der Waals surface area contributed by atoms with Crippen molar-refractivity contribution in [2.45, 2.75) is 83.5 Å². The van der Waals surface area contributed by atoms with Crippen LogP contribution in [-0.2, 0) is 11.2 Å². The lowest BCUT2D eigenvalue weighted by Gasteiger charge is -2.38. The number of ether oxygens (including phenoxy) is 1. The summed E-state index contributed by atoms with van der Waals surface area (Å²) in [4.78, 5) is 12.5. The van der Waals surface area contributed by atoms with Crippen LogP contribution in [0.1, 0.15) is 64.9 Å². The molecule has 1 aromatic rings. The number of nitrogens with one attached hydrogen (secondary N) is 1. The maximum Gasteiger partial charge on any atom is 0.223 e. The van der Waals surface area contributed by atoms with Gasteiger partial charge in [-0.25, -0.2) is 0 Å². The third-order valence-electron chi connectivity index (χ3n) is 6.15. The highest BCUT2D eigenvalue weighted by Crippen LogP contribution is 2.34. The Morgan fingerprint density at radius 3 is 2.54 bits per heavy atom. The predicted molar refractivity (Wildman–Crippen MR) is 103 cm³/mol. The molecule has 0 heterocycles. The number of amides is 1. The second-order valence-electron chi connectivity index (χ2n) is 8.62. The van der Waals surface area contributed by atoms with Crippen LogP contribution in [-0.4, -0.2) is 28.8 Å². The lowest BCUT2D eigenvalue weighted by molar-refractivity contribution is -0.131. The Bertz CT molecular complexity index is 608. The van der Waals surface area contributed by atoms with Gasteiger partial charge in [-0.2, -0.15) is 0 Å². The predicted octanol–water partition coefficient (Wildman–Crippen LogP) is 3.85. The van der Waals surface area contributed by atoms with Crippen molar-refractivity contribution < 1.29 is 14.6 Å². The number of benzene rings is 1. The molecule has 4 nitrogen and oxygen atoms in total. The summed E-state index contributed by atoms with van der Waals surface area (Å²) in [5.74, 6) is 1.52. The van der Waals surface area contributed by atoms with Gasteiger partial charge >= 0.3 is 0 Å².